The lowest BCUT2D eigenvalue weighted by Crippen LogP contribution is -2.23. The number of hydrogen-bond donors (Lipinski definition) is 0. The molecular formula is C7H12Cl2N2. The molecule has 0 saturated carbocycles. The van der Waals surface area contributed by atoms with Crippen LogP contribution in [0.5, 0.6) is 0 Å². The van der Waals surface area contributed by atoms with Gasteiger partial charge in [-0.25, -0.2) is 0 Å². The minimum Gasteiger partial charge on any atom is -0.360 e. The van der Waals surface area contributed by atoms with Crippen molar-refractivity contribution in [3.63, 3.8) is 0 Å². The molecule has 0 saturated heterocycles. The first-order valence-corrected chi connectivity index (χ1v) is 3.55. The number of hydrogen-bond acceptors (Lipinski definition) is 2. The van der Waals surface area contributed by atoms with Gasteiger partial charge in [-0.15, -0.1) is 19.0 Å². The summed E-state index contributed by atoms with van der Waals surface area (Å²) >= 11 is 5.85. The molecule has 0 bridgehead atoms. The van der Waals surface area contributed by atoms with Crippen LogP contribution in [0.2, 0.25) is 0 Å². The minimum atomic E-state index is 0. The van der Waals surface area contributed by atoms with Crippen molar-refractivity contribution in [3.8, 4) is 0 Å². The molecule has 0 atom stereocenters. The lowest BCUT2D eigenvalue weighted by molar-refractivity contribution is 0.314. The number of halogens is 2. The van der Waals surface area contributed by atoms with Gasteiger partial charge in [0, 0.05) is 19.8 Å². The standard InChI is InChI=1S/C7H11ClN2.ClH/c1-3-4-10-6-9(2)5-7(10)8;/h3,5H,1,4,6H2,2H3;1H. The Morgan fingerprint density at radius 3 is 2.82 bits per heavy atom. The normalized spacial score (nSPS) is 16.0. The summed E-state index contributed by atoms with van der Waals surface area (Å²) in [5.74, 6) is 0. The summed E-state index contributed by atoms with van der Waals surface area (Å²) in [6.07, 6.45) is 3.75. The molecule has 1 aliphatic rings. The molecule has 4 heteroatoms. The molecule has 2 nitrogen and oxygen atoms in total. The molecular weight excluding hydrogens is 183 g/mol. The van der Waals surface area contributed by atoms with Crippen LogP contribution in [0.25, 0.3) is 0 Å². The van der Waals surface area contributed by atoms with Gasteiger partial charge in [0.05, 0.1) is 6.67 Å². The molecule has 64 valence electrons. The zero-order valence-electron chi connectivity index (χ0n) is 6.46. The van der Waals surface area contributed by atoms with Crippen LogP contribution in [0.3, 0.4) is 0 Å². The van der Waals surface area contributed by atoms with Gasteiger partial charge in [-0.3, -0.25) is 0 Å². The lowest BCUT2D eigenvalue weighted by Gasteiger charge is -2.16. The van der Waals surface area contributed by atoms with E-state index < -0.39 is 0 Å². The predicted octanol–water partition coefficient (Wildman–Crippen LogP) is 1.84. The van der Waals surface area contributed by atoms with Crippen molar-refractivity contribution in [1.29, 1.82) is 0 Å². The maximum absolute atomic E-state index is 5.85. The third-order valence-corrected chi connectivity index (χ3v) is 1.71. The van der Waals surface area contributed by atoms with Gasteiger partial charge in [0.15, 0.2) is 0 Å². The molecule has 1 aliphatic heterocycles. The fourth-order valence-electron chi connectivity index (χ4n) is 0.942. The Kier molecular flexibility index (Phi) is 4.38. The molecule has 0 aliphatic carbocycles. The van der Waals surface area contributed by atoms with Gasteiger partial charge >= 0.3 is 0 Å². The van der Waals surface area contributed by atoms with E-state index in [1.165, 1.54) is 0 Å². The molecule has 0 N–H and O–H groups in total. The summed E-state index contributed by atoms with van der Waals surface area (Å²) in [7, 11) is 1.99. The van der Waals surface area contributed by atoms with Gasteiger partial charge in [0.1, 0.15) is 5.16 Å². The molecule has 1 rings (SSSR count). The molecule has 0 aromatic heterocycles. The second-order valence-corrected chi connectivity index (χ2v) is 2.75. The van der Waals surface area contributed by atoms with Crippen LogP contribution in [0.1, 0.15) is 0 Å². The third-order valence-electron chi connectivity index (χ3n) is 1.37. The van der Waals surface area contributed by atoms with E-state index in [-0.39, 0.29) is 12.4 Å². The van der Waals surface area contributed by atoms with Crippen LogP contribution in [0.15, 0.2) is 24.0 Å². The van der Waals surface area contributed by atoms with E-state index in [1.54, 1.807) is 0 Å². The highest BCUT2D eigenvalue weighted by Gasteiger charge is 2.13. The van der Waals surface area contributed by atoms with E-state index in [0.717, 1.165) is 18.4 Å². The van der Waals surface area contributed by atoms with Crippen LogP contribution < -0.4 is 0 Å². The molecule has 0 aromatic rings. The Morgan fingerprint density at radius 1 is 1.82 bits per heavy atom. The summed E-state index contributed by atoms with van der Waals surface area (Å²) in [5.41, 5.74) is 0. The molecule has 0 radical (unpaired) electrons. The van der Waals surface area contributed by atoms with Gasteiger partial charge < -0.3 is 9.80 Å². The second kappa shape index (κ2) is 4.52. The highest BCUT2D eigenvalue weighted by atomic mass is 35.5. The summed E-state index contributed by atoms with van der Waals surface area (Å²) in [4.78, 5) is 4.07. The monoisotopic (exact) mass is 194 g/mol. The van der Waals surface area contributed by atoms with Crippen LogP contribution in [-0.4, -0.2) is 30.1 Å². The Balaban J connectivity index is 0.000001000. The summed E-state index contributed by atoms with van der Waals surface area (Å²) in [6, 6.07) is 0. The van der Waals surface area contributed by atoms with E-state index in [9.17, 15) is 0 Å². The van der Waals surface area contributed by atoms with E-state index in [2.05, 4.69) is 6.58 Å². The molecule has 0 unspecified atom stereocenters. The van der Waals surface area contributed by atoms with Gasteiger partial charge in [0.25, 0.3) is 0 Å². The van der Waals surface area contributed by atoms with Crippen molar-refractivity contribution in [2.45, 2.75) is 0 Å². The molecule has 0 amide bonds. The predicted molar refractivity (Wildman–Crippen MR) is 50.7 cm³/mol. The van der Waals surface area contributed by atoms with Gasteiger partial charge in [-0.05, 0) is 0 Å². The SMILES string of the molecule is C=CCN1CN(C)C=C1Cl.Cl. The third kappa shape index (κ3) is 2.64. The maximum atomic E-state index is 5.85. The Hall–Kier alpha value is -0.340. The van der Waals surface area contributed by atoms with Gasteiger partial charge in [0.2, 0.25) is 0 Å². The smallest absolute Gasteiger partial charge is 0.122 e. The highest BCUT2D eigenvalue weighted by molar-refractivity contribution is 6.29. The molecule has 0 spiro atoms. The van der Waals surface area contributed by atoms with Crippen LogP contribution in [0.4, 0.5) is 0 Å². The van der Waals surface area contributed by atoms with E-state index in [0.29, 0.717) is 0 Å². The largest absolute Gasteiger partial charge is 0.360 e. The average Bonchev–Trinajstić information content (AvgIpc) is 2.13. The van der Waals surface area contributed by atoms with E-state index in [1.807, 2.05) is 29.1 Å². The molecule has 1 heterocycles. The van der Waals surface area contributed by atoms with E-state index >= 15 is 0 Å². The van der Waals surface area contributed by atoms with Crippen molar-refractivity contribution in [2.24, 2.45) is 0 Å². The summed E-state index contributed by atoms with van der Waals surface area (Å²) in [6.45, 7) is 5.32. The quantitative estimate of drug-likeness (QED) is 0.490. The van der Waals surface area contributed by atoms with Crippen molar-refractivity contribution in [3.05, 3.63) is 24.0 Å². The van der Waals surface area contributed by atoms with E-state index in [4.69, 9.17) is 11.6 Å². The second-order valence-electron chi connectivity index (χ2n) is 2.36. The Morgan fingerprint density at radius 2 is 2.45 bits per heavy atom. The Bertz CT molecular complexity index is 168. The summed E-state index contributed by atoms with van der Waals surface area (Å²) in [5, 5.41) is 0.794. The zero-order valence-corrected chi connectivity index (χ0v) is 8.03. The first kappa shape index (κ1) is 10.7. The van der Waals surface area contributed by atoms with Crippen molar-refractivity contribution < 1.29 is 0 Å². The first-order chi connectivity index (χ1) is 4.74. The molecule has 11 heavy (non-hydrogen) atoms. The lowest BCUT2D eigenvalue weighted by atomic mass is 10.6. The fraction of sp³-hybridized carbons (Fsp3) is 0.429. The topological polar surface area (TPSA) is 6.48 Å². The number of nitrogens with zero attached hydrogens (tertiary/aromatic N) is 2. The van der Waals surface area contributed by atoms with Crippen molar-refractivity contribution in [1.82, 2.24) is 9.80 Å². The van der Waals surface area contributed by atoms with Crippen LogP contribution >= 0.6 is 24.0 Å². The fourth-order valence-corrected chi connectivity index (χ4v) is 1.23. The van der Waals surface area contributed by atoms with Crippen LogP contribution in [0, 0.1) is 0 Å². The summed E-state index contributed by atoms with van der Waals surface area (Å²) < 4.78 is 0. The highest BCUT2D eigenvalue weighted by Crippen LogP contribution is 2.16. The number of rotatable bonds is 2. The minimum absolute atomic E-state index is 0. The van der Waals surface area contributed by atoms with Gasteiger partial charge in [-0.2, -0.15) is 0 Å². The average molecular weight is 195 g/mol. The maximum Gasteiger partial charge on any atom is 0.122 e. The zero-order chi connectivity index (χ0) is 7.56. The molecule has 0 fully saturated rings. The van der Waals surface area contributed by atoms with Crippen molar-refractivity contribution >= 4 is 24.0 Å². The van der Waals surface area contributed by atoms with Gasteiger partial charge in [-0.1, -0.05) is 17.7 Å². The molecule has 0 aromatic carbocycles. The first-order valence-electron chi connectivity index (χ1n) is 3.17. The van der Waals surface area contributed by atoms with Crippen LogP contribution in [-0.2, 0) is 0 Å². The Labute approximate surface area is 78.5 Å². The van der Waals surface area contributed by atoms with Crippen molar-refractivity contribution in [2.75, 3.05) is 20.3 Å².